The summed E-state index contributed by atoms with van der Waals surface area (Å²) in [4.78, 5) is 63.0. The molecular weight excluding hydrogens is 825 g/mol. The minimum absolute atomic E-state index is 0.355. The first-order valence-corrected chi connectivity index (χ1v) is 23.7. The van der Waals surface area contributed by atoms with E-state index in [-0.39, 0.29) is 23.6 Å². The van der Waals surface area contributed by atoms with E-state index >= 15 is 0 Å². The second-order valence-electron chi connectivity index (χ2n) is 14.0. The Balaban J connectivity index is 1.21. The van der Waals surface area contributed by atoms with Crippen LogP contribution in [0.1, 0.15) is 69.1 Å². The average Bonchev–Trinajstić information content (AvgIpc) is 3.65. The number of carbonyl (C=O) groups excluding carboxylic acids is 4. The van der Waals surface area contributed by atoms with Crippen molar-refractivity contribution in [3.63, 3.8) is 0 Å². The molecule has 0 aromatic heterocycles. The Morgan fingerprint density at radius 3 is 1.30 bits per heavy atom. The standard InChI is InChI=1S/C48H42N4O4S4/c1-5-57-41-26-40(52-46(54)35-20-14-30(24-38(35)48(52)56)28-11-17-32(50)18-12-28)42(58-6-2)25-36(41)33-21-22-39(44(60-8-4)43(33)59-7-3)51-45(53)34-19-13-29(23-37(34)47(51)55)27-9-15-31(49)16-10-27/h9-26H,5-8,49-50H2,1-4H3. The number of amides is 4. The summed E-state index contributed by atoms with van der Waals surface area (Å²) in [6.07, 6.45) is 0. The van der Waals surface area contributed by atoms with Crippen molar-refractivity contribution in [1.29, 1.82) is 0 Å². The lowest BCUT2D eigenvalue weighted by Gasteiger charge is -2.25. The van der Waals surface area contributed by atoms with Gasteiger partial charge in [-0.2, -0.15) is 0 Å². The van der Waals surface area contributed by atoms with Gasteiger partial charge < -0.3 is 11.5 Å². The normalized spacial score (nSPS) is 13.4. The Labute approximate surface area is 366 Å². The monoisotopic (exact) mass is 866 g/mol. The fourth-order valence-corrected chi connectivity index (χ4v) is 11.3. The van der Waals surface area contributed by atoms with Gasteiger partial charge in [-0.3, -0.25) is 19.2 Å². The zero-order valence-corrected chi connectivity index (χ0v) is 36.8. The lowest BCUT2D eigenvalue weighted by atomic mass is 10.00. The molecule has 2 heterocycles. The van der Waals surface area contributed by atoms with Crippen LogP contribution >= 0.6 is 47.0 Å². The summed E-state index contributed by atoms with van der Waals surface area (Å²) < 4.78 is 0. The molecule has 0 fully saturated rings. The van der Waals surface area contributed by atoms with E-state index in [1.807, 2.05) is 85.8 Å². The van der Waals surface area contributed by atoms with E-state index in [0.29, 0.717) is 56.5 Å². The average molecular weight is 867 g/mol. The first-order valence-electron chi connectivity index (χ1n) is 19.7. The van der Waals surface area contributed by atoms with Crippen LogP contribution in [0.3, 0.4) is 0 Å². The van der Waals surface area contributed by atoms with E-state index in [1.54, 1.807) is 71.3 Å². The second-order valence-corrected chi connectivity index (χ2v) is 19.2. The van der Waals surface area contributed by atoms with Crippen molar-refractivity contribution < 1.29 is 19.2 Å². The van der Waals surface area contributed by atoms with Crippen LogP contribution in [0.2, 0.25) is 0 Å². The Bertz CT molecular complexity index is 2600. The molecule has 302 valence electrons. The summed E-state index contributed by atoms with van der Waals surface area (Å²) in [6, 6.07) is 33.6. The Kier molecular flexibility index (Phi) is 11.9. The predicted molar refractivity (Wildman–Crippen MR) is 252 cm³/mol. The maximum Gasteiger partial charge on any atom is 0.266 e. The van der Waals surface area contributed by atoms with Crippen LogP contribution < -0.4 is 21.3 Å². The smallest absolute Gasteiger partial charge is 0.266 e. The van der Waals surface area contributed by atoms with Gasteiger partial charge in [-0.1, -0.05) is 70.2 Å². The van der Waals surface area contributed by atoms with Gasteiger partial charge >= 0.3 is 0 Å². The number of nitrogens with two attached hydrogens (primary N) is 2. The number of carbonyl (C=O) groups is 4. The molecule has 8 nitrogen and oxygen atoms in total. The number of hydrogen-bond acceptors (Lipinski definition) is 10. The first kappa shape index (κ1) is 41.3. The Morgan fingerprint density at radius 1 is 0.383 bits per heavy atom. The van der Waals surface area contributed by atoms with Gasteiger partial charge in [0.1, 0.15) is 0 Å². The molecule has 4 N–H and O–H groups in total. The number of nitrogen functional groups attached to an aromatic ring is 2. The number of rotatable bonds is 13. The van der Waals surface area contributed by atoms with Crippen LogP contribution in [0.25, 0.3) is 33.4 Å². The number of fused-ring (bicyclic) bond motifs is 2. The van der Waals surface area contributed by atoms with Gasteiger partial charge in [0.15, 0.2) is 0 Å². The predicted octanol–water partition coefficient (Wildman–Crippen LogP) is 11.9. The summed E-state index contributed by atoms with van der Waals surface area (Å²) in [5, 5.41) is 0. The first-order chi connectivity index (χ1) is 29.1. The molecule has 4 amide bonds. The highest BCUT2D eigenvalue weighted by atomic mass is 32.2. The highest BCUT2D eigenvalue weighted by molar-refractivity contribution is 8.02. The third-order valence-electron chi connectivity index (χ3n) is 10.4. The van der Waals surface area contributed by atoms with E-state index in [2.05, 4.69) is 26.8 Å². The van der Waals surface area contributed by atoms with Crippen molar-refractivity contribution in [2.75, 3.05) is 44.3 Å². The van der Waals surface area contributed by atoms with Gasteiger partial charge in [-0.25, -0.2) is 9.80 Å². The molecule has 60 heavy (non-hydrogen) atoms. The molecule has 0 saturated carbocycles. The van der Waals surface area contributed by atoms with Gasteiger partial charge in [-0.15, -0.1) is 47.0 Å². The molecule has 6 aromatic rings. The highest BCUT2D eigenvalue weighted by Gasteiger charge is 2.40. The second kappa shape index (κ2) is 17.3. The molecule has 0 radical (unpaired) electrons. The molecule has 8 rings (SSSR count). The number of imide groups is 2. The van der Waals surface area contributed by atoms with Gasteiger partial charge in [0.25, 0.3) is 23.6 Å². The maximum absolute atomic E-state index is 14.3. The largest absolute Gasteiger partial charge is 0.399 e. The molecule has 0 bridgehead atoms. The minimum atomic E-state index is -0.361. The fourth-order valence-electron chi connectivity index (χ4n) is 7.62. The van der Waals surface area contributed by atoms with Crippen LogP contribution in [0, 0.1) is 0 Å². The van der Waals surface area contributed by atoms with Crippen LogP contribution in [-0.4, -0.2) is 46.6 Å². The number of nitrogens with zero attached hydrogens (tertiary/aromatic N) is 2. The van der Waals surface area contributed by atoms with E-state index in [1.165, 1.54) is 9.80 Å². The summed E-state index contributed by atoms with van der Waals surface area (Å²) in [5.41, 5.74) is 21.1. The third-order valence-corrected chi connectivity index (χ3v) is 14.3. The van der Waals surface area contributed by atoms with Gasteiger partial charge in [0.2, 0.25) is 0 Å². The summed E-state index contributed by atoms with van der Waals surface area (Å²) in [7, 11) is 0. The maximum atomic E-state index is 14.3. The summed E-state index contributed by atoms with van der Waals surface area (Å²) in [5.74, 6) is 1.49. The van der Waals surface area contributed by atoms with Crippen LogP contribution in [0.4, 0.5) is 22.7 Å². The minimum Gasteiger partial charge on any atom is -0.399 e. The quantitative estimate of drug-likeness (QED) is 0.0658. The molecule has 2 aliphatic rings. The molecule has 2 aliphatic heterocycles. The van der Waals surface area contributed by atoms with Crippen LogP contribution in [-0.2, 0) is 0 Å². The summed E-state index contributed by atoms with van der Waals surface area (Å²) in [6.45, 7) is 8.28. The molecule has 0 saturated heterocycles. The van der Waals surface area contributed by atoms with E-state index < -0.39 is 0 Å². The zero-order valence-electron chi connectivity index (χ0n) is 33.5. The van der Waals surface area contributed by atoms with Crippen molar-refractivity contribution in [1.82, 2.24) is 0 Å². The third kappa shape index (κ3) is 7.40. The molecule has 6 aromatic carbocycles. The molecule has 0 spiro atoms. The number of benzene rings is 6. The van der Waals surface area contributed by atoms with Crippen LogP contribution in [0.5, 0.6) is 0 Å². The van der Waals surface area contributed by atoms with Gasteiger partial charge in [0, 0.05) is 31.0 Å². The summed E-state index contributed by atoms with van der Waals surface area (Å²) >= 11 is 6.49. The van der Waals surface area contributed by atoms with Crippen molar-refractivity contribution in [3.05, 3.63) is 131 Å². The molecule has 0 unspecified atom stereocenters. The fraction of sp³-hybridized carbons (Fsp3) is 0.167. The van der Waals surface area contributed by atoms with Crippen molar-refractivity contribution in [2.24, 2.45) is 0 Å². The molecular formula is C48H42N4O4S4. The SMILES string of the molecule is CCSc1cc(N2C(=O)c3ccc(-c4ccc(N)cc4)cc3C2=O)c(SCC)cc1-c1ccc(N2C(=O)c3ccc(-c4ccc(N)cc4)cc3C2=O)c(SCC)c1SCC. The Hall–Kier alpha value is -5.40. The van der Waals surface area contributed by atoms with Gasteiger partial charge in [0.05, 0.1) is 33.6 Å². The van der Waals surface area contributed by atoms with Crippen molar-refractivity contribution >= 4 is 93.4 Å². The van der Waals surface area contributed by atoms with Crippen molar-refractivity contribution in [2.45, 2.75) is 47.3 Å². The zero-order chi connectivity index (χ0) is 42.2. The number of anilines is 4. The molecule has 12 heteroatoms. The lowest BCUT2D eigenvalue weighted by Crippen LogP contribution is -2.30. The van der Waals surface area contributed by atoms with E-state index in [4.69, 9.17) is 11.5 Å². The molecule has 0 atom stereocenters. The van der Waals surface area contributed by atoms with E-state index in [0.717, 1.165) is 64.5 Å². The lowest BCUT2D eigenvalue weighted by molar-refractivity contribution is 0.0909. The van der Waals surface area contributed by atoms with Crippen molar-refractivity contribution in [3.8, 4) is 33.4 Å². The van der Waals surface area contributed by atoms with Gasteiger partial charge in [-0.05, 0) is 123 Å². The topological polar surface area (TPSA) is 127 Å². The molecule has 0 aliphatic carbocycles. The number of thioether (sulfide) groups is 4. The highest BCUT2D eigenvalue weighted by Crippen LogP contribution is 2.50. The number of hydrogen-bond donors (Lipinski definition) is 2. The van der Waals surface area contributed by atoms with Crippen LogP contribution in [0.15, 0.2) is 129 Å². The van der Waals surface area contributed by atoms with E-state index in [9.17, 15) is 19.2 Å². The Morgan fingerprint density at radius 2 is 0.800 bits per heavy atom.